The molecule has 1 amide bonds. The zero-order valence-electron chi connectivity index (χ0n) is 17.2. The van der Waals surface area contributed by atoms with Gasteiger partial charge in [-0.15, -0.1) is 11.3 Å². The highest BCUT2D eigenvalue weighted by Gasteiger charge is 2.23. The number of rotatable bonds is 8. The van der Waals surface area contributed by atoms with Gasteiger partial charge in [0.1, 0.15) is 11.9 Å². The van der Waals surface area contributed by atoms with Gasteiger partial charge in [0.25, 0.3) is 5.91 Å². The number of amides is 1. The second-order valence-corrected chi connectivity index (χ2v) is 9.43. The Kier molecular flexibility index (Phi) is 7.33. The number of aromatic nitrogens is 1. The van der Waals surface area contributed by atoms with Gasteiger partial charge in [0.2, 0.25) is 10.0 Å². The molecule has 0 aliphatic rings. The van der Waals surface area contributed by atoms with Gasteiger partial charge in [-0.1, -0.05) is 17.7 Å². The number of sulfonamides is 1. The highest BCUT2D eigenvalue weighted by atomic mass is 32.2. The van der Waals surface area contributed by atoms with Gasteiger partial charge in [-0.05, 0) is 50.2 Å². The Morgan fingerprint density at radius 2 is 1.78 bits per heavy atom. The van der Waals surface area contributed by atoms with Crippen molar-refractivity contribution in [3.63, 3.8) is 0 Å². The lowest BCUT2D eigenvalue weighted by Gasteiger charge is -2.13. The Hall–Kier alpha value is -3.15. The summed E-state index contributed by atoms with van der Waals surface area (Å²) in [7, 11) is -3.92. The van der Waals surface area contributed by atoms with E-state index < -0.39 is 34.5 Å². The number of hydrogen-bond acceptors (Lipinski definition) is 7. The highest BCUT2D eigenvalue weighted by Crippen LogP contribution is 2.25. The van der Waals surface area contributed by atoms with Crippen molar-refractivity contribution in [2.75, 3.05) is 11.9 Å². The molecular weight excluding hydrogens is 457 g/mol. The topological polar surface area (TPSA) is 114 Å². The third kappa shape index (κ3) is 6.19. The van der Waals surface area contributed by atoms with Crippen LogP contribution in [0, 0.1) is 12.7 Å². The number of esters is 1. The van der Waals surface area contributed by atoms with Crippen LogP contribution < -0.4 is 10.0 Å². The number of thiazole rings is 1. The first-order valence-corrected chi connectivity index (χ1v) is 11.8. The molecule has 0 fully saturated rings. The minimum absolute atomic E-state index is 0.0150. The number of carbonyl (C=O) groups excluding carboxylic acids is 2. The van der Waals surface area contributed by atoms with Crippen LogP contribution >= 0.6 is 11.3 Å². The fraction of sp³-hybridized carbons (Fsp3) is 0.190. The van der Waals surface area contributed by atoms with Gasteiger partial charge < -0.3 is 4.74 Å². The Bertz CT molecular complexity index is 1210. The van der Waals surface area contributed by atoms with E-state index >= 15 is 0 Å². The van der Waals surface area contributed by atoms with Crippen LogP contribution in [-0.2, 0) is 24.3 Å². The summed E-state index contributed by atoms with van der Waals surface area (Å²) < 4.78 is 44.8. The van der Waals surface area contributed by atoms with Crippen LogP contribution in [0.25, 0.3) is 11.3 Å². The van der Waals surface area contributed by atoms with E-state index in [-0.39, 0.29) is 15.8 Å². The number of ether oxygens (including phenoxy) is 1. The minimum atomic E-state index is -3.92. The molecule has 0 unspecified atom stereocenters. The Labute approximate surface area is 188 Å². The average Bonchev–Trinajstić information content (AvgIpc) is 3.20. The molecule has 3 aromatic rings. The van der Waals surface area contributed by atoms with E-state index in [1.54, 1.807) is 29.6 Å². The van der Waals surface area contributed by atoms with E-state index in [1.165, 1.54) is 31.2 Å². The molecule has 168 valence electrons. The van der Waals surface area contributed by atoms with Crippen LogP contribution in [0.15, 0.2) is 58.8 Å². The molecule has 1 atom stereocenters. The van der Waals surface area contributed by atoms with E-state index in [0.29, 0.717) is 11.3 Å². The van der Waals surface area contributed by atoms with Crippen LogP contribution in [0.2, 0.25) is 0 Å². The second kappa shape index (κ2) is 9.98. The van der Waals surface area contributed by atoms with Crippen molar-refractivity contribution in [3.8, 4) is 11.3 Å². The van der Waals surface area contributed by atoms with Crippen molar-refractivity contribution >= 4 is 38.4 Å². The van der Waals surface area contributed by atoms with Gasteiger partial charge in [0.05, 0.1) is 10.6 Å². The van der Waals surface area contributed by atoms with Gasteiger partial charge in [0.15, 0.2) is 11.7 Å². The van der Waals surface area contributed by atoms with Gasteiger partial charge >= 0.3 is 5.97 Å². The number of anilines is 1. The predicted molar refractivity (Wildman–Crippen MR) is 118 cm³/mol. The van der Waals surface area contributed by atoms with Crippen LogP contribution in [-0.4, -0.2) is 37.9 Å². The number of hydrogen-bond donors (Lipinski definition) is 2. The lowest BCUT2D eigenvalue weighted by Crippen LogP contribution is -2.40. The van der Waals surface area contributed by atoms with Crippen LogP contribution in [0.1, 0.15) is 12.5 Å². The molecule has 1 heterocycles. The molecule has 3 rings (SSSR count). The van der Waals surface area contributed by atoms with Crippen molar-refractivity contribution in [2.24, 2.45) is 0 Å². The number of nitrogens with zero attached hydrogens (tertiary/aromatic N) is 1. The van der Waals surface area contributed by atoms with Gasteiger partial charge in [0, 0.05) is 10.9 Å². The van der Waals surface area contributed by atoms with E-state index in [4.69, 9.17) is 4.74 Å². The fourth-order valence-corrected chi connectivity index (χ4v) is 4.50. The van der Waals surface area contributed by atoms with Crippen LogP contribution in [0.3, 0.4) is 0 Å². The molecule has 0 bridgehead atoms. The molecule has 32 heavy (non-hydrogen) atoms. The standard InChI is InChI=1S/C21H20FN3O5S2/c1-13-3-9-17(10-4-13)32(28,29)25-14(2)20(27)30-11-19(26)24-21-23-18(12-31-21)15-5-7-16(22)8-6-15/h3-10,12,14,25H,11H2,1-2H3,(H,23,24,26)/t14-/m1/s1. The molecule has 2 aromatic carbocycles. The van der Waals surface area contributed by atoms with Crippen molar-refractivity contribution in [3.05, 3.63) is 65.3 Å². The number of aryl methyl sites for hydroxylation is 1. The summed E-state index contributed by atoms with van der Waals surface area (Å²) in [6.45, 7) is 2.53. The first-order valence-electron chi connectivity index (χ1n) is 9.41. The maximum atomic E-state index is 13.0. The summed E-state index contributed by atoms with van der Waals surface area (Å²) >= 11 is 1.15. The molecule has 0 radical (unpaired) electrons. The normalized spacial score (nSPS) is 12.2. The smallest absolute Gasteiger partial charge is 0.324 e. The van der Waals surface area contributed by atoms with Gasteiger partial charge in [-0.3, -0.25) is 14.9 Å². The monoisotopic (exact) mass is 477 g/mol. The molecule has 1 aromatic heterocycles. The van der Waals surface area contributed by atoms with E-state index in [0.717, 1.165) is 16.9 Å². The zero-order valence-corrected chi connectivity index (χ0v) is 18.8. The largest absolute Gasteiger partial charge is 0.454 e. The van der Waals surface area contributed by atoms with Crippen LogP contribution in [0.4, 0.5) is 9.52 Å². The summed E-state index contributed by atoms with van der Waals surface area (Å²) in [6, 6.07) is 10.7. The molecular formula is C21H20FN3O5S2. The number of nitrogens with one attached hydrogen (secondary N) is 2. The third-order valence-corrected chi connectivity index (χ3v) is 6.57. The summed E-state index contributed by atoms with van der Waals surface area (Å²) in [5, 5.41) is 4.46. The zero-order chi connectivity index (χ0) is 23.3. The summed E-state index contributed by atoms with van der Waals surface area (Å²) in [4.78, 5) is 28.4. The van der Waals surface area contributed by atoms with Crippen molar-refractivity contribution in [2.45, 2.75) is 24.8 Å². The average molecular weight is 478 g/mol. The second-order valence-electron chi connectivity index (χ2n) is 6.86. The quantitative estimate of drug-likeness (QED) is 0.482. The summed E-state index contributed by atoms with van der Waals surface area (Å²) in [6.07, 6.45) is 0. The number of halogens is 1. The van der Waals surface area contributed by atoms with E-state index in [1.807, 2.05) is 6.92 Å². The molecule has 2 N–H and O–H groups in total. The van der Waals surface area contributed by atoms with E-state index in [9.17, 15) is 22.4 Å². The Morgan fingerprint density at radius 1 is 1.12 bits per heavy atom. The van der Waals surface area contributed by atoms with Gasteiger partial charge in [-0.2, -0.15) is 4.72 Å². The molecule has 0 aliphatic carbocycles. The molecule has 11 heteroatoms. The SMILES string of the molecule is Cc1ccc(S(=O)(=O)N[C@H](C)C(=O)OCC(=O)Nc2nc(-c3ccc(F)cc3)cs2)cc1. The van der Waals surface area contributed by atoms with Crippen molar-refractivity contribution in [1.82, 2.24) is 9.71 Å². The number of carbonyl (C=O) groups is 2. The molecule has 0 saturated heterocycles. The Balaban J connectivity index is 1.50. The highest BCUT2D eigenvalue weighted by molar-refractivity contribution is 7.89. The molecule has 0 spiro atoms. The van der Waals surface area contributed by atoms with E-state index in [2.05, 4.69) is 15.0 Å². The van der Waals surface area contributed by atoms with Crippen LogP contribution in [0.5, 0.6) is 0 Å². The van der Waals surface area contributed by atoms with Crippen molar-refractivity contribution < 1.29 is 27.1 Å². The molecule has 0 saturated carbocycles. The minimum Gasteiger partial charge on any atom is -0.454 e. The maximum absolute atomic E-state index is 13.0. The lowest BCUT2D eigenvalue weighted by molar-refractivity contribution is -0.148. The molecule has 0 aliphatic heterocycles. The first kappa shape index (κ1) is 23.5. The Morgan fingerprint density at radius 3 is 2.44 bits per heavy atom. The molecule has 8 nitrogen and oxygen atoms in total. The summed E-state index contributed by atoms with van der Waals surface area (Å²) in [5.74, 6) is -1.90. The lowest BCUT2D eigenvalue weighted by atomic mass is 10.2. The number of benzene rings is 2. The predicted octanol–water partition coefficient (Wildman–Crippen LogP) is 3.11. The summed E-state index contributed by atoms with van der Waals surface area (Å²) in [5.41, 5.74) is 2.14. The van der Waals surface area contributed by atoms with Gasteiger partial charge in [-0.25, -0.2) is 17.8 Å². The fourth-order valence-electron chi connectivity index (χ4n) is 2.57. The third-order valence-electron chi connectivity index (χ3n) is 4.25. The van der Waals surface area contributed by atoms with Crippen molar-refractivity contribution in [1.29, 1.82) is 0 Å². The first-order chi connectivity index (χ1) is 15.1. The maximum Gasteiger partial charge on any atom is 0.324 e.